The van der Waals surface area contributed by atoms with Gasteiger partial charge in [-0.1, -0.05) is 32.9 Å². The van der Waals surface area contributed by atoms with E-state index in [-0.39, 0.29) is 61.0 Å². The normalized spacial score (nSPS) is 28.4. The third-order valence-electron chi connectivity index (χ3n) is 14.0. The third kappa shape index (κ3) is 9.96. The monoisotopic (exact) mass is 931 g/mol. The first-order chi connectivity index (χ1) is 31.2. The summed E-state index contributed by atoms with van der Waals surface area (Å²) in [6.07, 6.45) is 6.74. The van der Waals surface area contributed by atoms with Crippen LogP contribution in [0.5, 0.6) is 17.4 Å². The minimum absolute atomic E-state index is 0.0497. The fraction of sp³-hybridized carbons (Fsp3) is 0.571. The summed E-state index contributed by atoms with van der Waals surface area (Å²) in [6, 6.07) is 9.37. The molecule has 7 atom stereocenters. The fourth-order valence-corrected chi connectivity index (χ4v) is 10.4. The summed E-state index contributed by atoms with van der Waals surface area (Å²) < 4.78 is 66.8. The van der Waals surface area contributed by atoms with E-state index in [0.29, 0.717) is 53.5 Å². The van der Waals surface area contributed by atoms with Crippen molar-refractivity contribution in [1.82, 2.24) is 25.2 Å². The van der Waals surface area contributed by atoms with Crippen molar-refractivity contribution in [1.29, 1.82) is 0 Å². The van der Waals surface area contributed by atoms with E-state index in [9.17, 15) is 22.8 Å². The Kier molecular flexibility index (Phi) is 12.8. The van der Waals surface area contributed by atoms with Gasteiger partial charge in [0, 0.05) is 28.7 Å². The number of hydrogen-bond acceptors (Lipinski definition) is 11. The summed E-state index contributed by atoms with van der Waals surface area (Å²) in [7, 11) is -2.51. The molecule has 3 aliphatic carbocycles. The number of aromatic nitrogens is 1. The molecule has 5 aliphatic rings. The van der Waals surface area contributed by atoms with Crippen LogP contribution in [0.15, 0.2) is 54.6 Å². The highest BCUT2D eigenvalue weighted by molar-refractivity contribution is 7.91. The quantitative estimate of drug-likeness (QED) is 0.159. The zero-order chi connectivity index (χ0) is 47.3. The summed E-state index contributed by atoms with van der Waals surface area (Å²) >= 11 is 0. The van der Waals surface area contributed by atoms with E-state index in [4.69, 9.17) is 23.9 Å². The zero-order valence-electron chi connectivity index (χ0n) is 38.8. The standard InChI is InChI=1S/C49H62FN5O10S/c1-28(2)64-40-15-12-31(22-37(40)50)38-23-32-21-34(62-7)13-14-36(32)43(51-38)65-35-24-39-42(56)53-49(45(58)54-66(60,61)48(6)18-19-48)25-33(49)11-9-8-10-29(3)20-30(4)41(44(57)55(39)26-35)52-46(59)63-27-47(5)16-17-47/h9,11-15,21-23,28-30,33,35,39,41H,8,10,16-20,24-27H2,1-7H3,(H,52,59)(H,53,56)(H,54,58)/b11-9-/t29-,30-,33-,35-,39+,41+,49-/m1/s1. The Balaban J connectivity index is 1.15. The van der Waals surface area contributed by atoms with Crippen molar-refractivity contribution < 1.29 is 50.9 Å². The first-order valence-corrected chi connectivity index (χ1v) is 24.6. The van der Waals surface area contributed by atoms with Crippen LogP contribution >= 0.6 is 0 Å². The maximum atomic E-state index is 15.4. The van der Waals surface area contributed by atoms with E-state index in [1.54, 1.807) is 58.2 Å². The maximum absolute atomic E-state index is 15.4. The number of amides is 4. The number of halogens is 1. The van der Waals surface area contributed by atoms with E-state index in [0.717, 1.165) is 19.3 Å². The SMILES string of the molecule is COc1ccc2c(O[C@@H]3C[C@H]4C(=O)N[C@]5(C(=O)NS(=O)(=O)C6(C)CC6)C[C@H]5/C=C\CC[C@@H](C)C[C@@H](C)[C@H](NC(=O)OCC5(C)CC5)C(=O)N4C3)nc(-c3ccc(OC(C)C)c(F)c3)cc2c1. The molecule has 0 unspecified atom stereocenters. The van der Waals surface area contributed by atoms with Crippen molar-refractivity contribution in [3.8, 4) is 28.6 Å². The highest BCUT2D eigenvalue weighted by atomic mass is 32.2. The molecule has 15 nitrogen and oxygen atoms in total. The molecule has 1 aromatic heterocycles. The summed E-state index contributed by atoms with van der Waals surface area (Å²) in [5, 5.41) is 7.03. The molecule has 0 spiro atoms. The third-order valence-corrected chi connectivity index (χ3v) is 16.2. The van der Waals surface area contributed by atoms with Gasteiger partial charge in [0.15, 0.2) is 11.6 Å². The van der Waals surface area contributed by atoms with Crippen LogP contribution in [0.3, 0.4) is 0 Å². The van der Waals surface area contributed by atoms with Crippen LogP contribution in [-0.2, 0) is 29.1 Å². The average Bonchev–Trinajstić information content (AvgIpc) is 4.23. The van der Waals surface area contributed by atoms with Crippen molar-refractivity contribution >= 4 is 44.6 Å². The molecule has 2 aromatic carbocycles. The van der Waals surface area contributed by atoms with Crippen LogP contribution in [-0.4, -0.2) is 97.0 Å². The number of ether oxygens (including phenoxy) is 4. The molecule has 4 fully saturated rings. The van der Waals surface area contributed by atoms with E-state index in [2.05, 4.69) is 22.3 Å². The Morgan fingerprint density at radius 3 is 2.47 bits per heavy atom. The van der Waals surface area contributed by atoms with Crippen LogP contribution in [0.1, 0.15) is 99.3 Å². The molecule has 0 bridgehead atoms. The van der Waals surface area contributed by atoms with Gasteiger partial charge in [-0.05, 0) is 132 Å². The molecule has 66 heavy (non-hydrogen) atoms. The Labute approximate surface area is 386 Å². The number of benzene rings is 2. The summed E-state index contributed by atoms with van der Waals surface area (Å²) in [5.74, 6) is -2.56. The number of nitrogens with one attached hydrogen (secondary N) is 3. The predicted octanol–water partition coefficient (Wildman–Crippen LogP) is 6.97. The van der Waals surface area contributed by atoms with Gasteiger partial charge in [-0.15, -0.1) is 0 Å². The maximum Gasteiger partial charge on any atom is 0.407 e. The topological polar surface area (TPSA) is 192 Å². The van der Waals surface area contributed by atoms with Gasteiger partial charge in [-0.25, -0.2) is 22.6 Å². The second kappa shape index (κ2) is 18.0. The number of sulfonamides is 1. The molecule has 1 saturated heterocycles. The van der Waals surface area contributed by atoms with E-state index < -0.39 is 74.0 Å². The fourth-order valence-electron chi connectivity index (χ4n) is 9.10. The molecule has 3 aromatic rings. The van der Waals surface area contributed by atoms with Gasteiger partial charge in [0.1, 0.15) is 29.5 Å². The summed E-state index contributed by atoms with van der Waals surface area (Å²) in [4.78, 5) is 63.7. The van der Waals surface area contributed by atoms with Gasteiger partial charge in [-0.2, -0.15) is 0 Å². The van der Waals surface area contributed by atoms with Gasteiger partial charge >= 0.3 is 6.09 Å². The van der Waals surface area contributed by atoms with Gasteiger partial charge in [0.2, 0.25) is 27.7 Å². The minimum atomic E-state index is -4.05. The van der Waals surface area contributed by atoms with E-state index in [1.807, 2.05) is 26.0 Å². The predicted molar refractivity (Wildman–Crippen MR) is 245 cm³/mol. The molecule has 17 heteroatoms. The van der Waals surface area contributed by atoms with Gasteiger partial charge in [0.25, 0.3) is 5.91 Å². The van der Waals surface area contributed by atoms with Gasteiger partial charge < -0.3 is 34.5 Å². The molecule has 4 amide bonds. The number of alkyl carbamates (subject to hydrolysis) is 1. The van der Waals surface area contributed by atoms with Crippen molar-refractivity contribution in [3.05, 3.63) is 60.4 Å². The Morgan fingerprint density at radius 2 is 1.79 bits per heavy atom. The number of carbonyl (C=O) groups is 4. The smallest absolute Gasteiger partial charge is 0.407 e. The molecule has 3 N–H and O–H groups in total. The summed E-state index contributed by atoms with van der Waals surface area (Å²) in [5.41, 5.74) is -0.863. The van der Waals surface area contributed by atoms with E-state index in [1.165, 1.54) is 17.0 Å². The van der Waals surface area contributed by atoms with Crippen LogP contribution in [0.25, 0.3) is 22.0 Å². The lowest BCUT2D eigenvalue weighted by Crippen LogP contribution is -2.59. The molecule has 3 saturated carbocycles. The van der Waals surface area contributed by atoms with Crippen molar-refractivity contribution in [3.63, 3.8) is 0 Å². The lowest BCUT2D eigenvalue weighted by molar-refractivity contribution is -0.142. The van der Waals surface area contributed by atoms with Gasteiger partial charge in [-0.3, -0.25) is 19.1 Å². The number of fused-ring (bicyclic) bond motifs is 3. The van der Waals surface area contributed by atoms with Crippen molar-refractivity contribution in [2.45, 2.75) is 134 Å². The van der Waals surface area contributed by atoms with Crippen LogP contribution in [0.2, 0.25) is 0 Å². The van der Waals surface area contributed by atoms with Crippen molar-refractivity contribution in [2.75, 3.05) is 20.3 Å². The molecule has 356 valence electrons. The molecule has 3 heterocycles. The Morgan fingerprint density at radius 1 is 1.03 bits per heavy atom. The molecule has 8 rings (SSSR count). The van der Waals surface area contributed by atoms with Crippen LogP contribution in [0, 0.1) is 29.0 Å². The Hall–Kier alpha value is -5.45. The molecular formula is C49H62FN5O10S. The highest BCUT2D eigenvalue weighted by Crippen LogP contribution is 2.48. The number of rotatable bonds is 12. The number of methoxy groups -OCH3 is 1. The number of allylic oxidation sites excluding steroid dienone is 1. The van der Waals surface area contributed by atoms with Gasteiger partial charge in [0.05, 0.1) is 36.8 Å². The molecule has 0 radical (unpaired) electrons. The molecular weight excluding hydrogens is 870 g/mol. The average molecular weight is 932 g/mol. The second-order valence-corrected chi connectivity index (χ2v) is 22.4. The number of pyridine rings is 1. The molecule has 2 aliphatic heterocycles. The highest BCUT2D eigenvalue weighted by Gasteiger charge is 2.63. The number of hydrogen-bond donors (Lipinski definition) is 3. The largest absolute Gasteiger partial charge is 0.497 e. The lowest BCUT2D eigenvalue weighted by atomic mass is 9.88. The first-order valence-electron chi connectivity index (χ1n) is 23.1. The first kappa shape index (κ1) is 47.1. The Bertz CT molecular complexity index is 2540. The number of nitrogens with zero attached hydrogens (tertiary/aromatic N) is 2. The van der Waals surface area contributed by atoms with Crippen LogP contribution in [0.4, 0.5) is 9.18 Å². The second-order valence-electron chi connectivity index (χ2n) is 20.2. The minimum Gasteiger partial charge on any atom is -0.497 e. The van der Waals surface area contributed by atoms with E-state index >= 15 is 9.18 Å². The van der Waals surface area contributed by atoms with Crippen molar-refractivity contribution in [2.24, 2.45) is 23.2 Å². The van der Waals surface area contributed by atoms with Crippen LogP contribution < -0.4 is 29.6 Å². The lowest BCUT2D eigenvalue weighted by Gasteiger charge is -2.32. The summed E-state index contributed by atoms with van der Waals surface area (Å²) in [6.45, 7) is 11.3. The zero-order valence-corrected chi connectivity index (χ0v) is 39.6. The number of carbonyl (C=O) groups excluding carboxylic acids is 4.